The lowest BCUT2D eigenvalue weighted by molar-refractivity contribution is 0.0468. The number of carbonyl (C=O) groups excluding carboxylic acids is 1. The second-order valence-electron chi connectivity index (χ2n) is 6.36. The van der Waals surface area contributed by atoms with Gasteiger partial charge in [0.2, 0.25) is 0 Å². The van der Waals surface area contributed by atoms with Crippen LogP contribution in [0.15, 0.2) is 63.2 Å². The number of rotatable bonds is 8. The van der Waals surface area contributed by atoms with E-state index in [2.05, 4.69) is 25.9 Å². The van der Waals surface area contributed by atoms with E-state index in [4.69, 9.17) is 14.2 Å². The van der Waals surface area contributed by atoms with Crippen LogP contribution in [0, 0.1) is 0 Å². The Morgan fingerprint density at radius 2 is 1.90 bits per heavy atom. The van der Waals surface area contributed by atoms with Crippen molar-refractivity contribution in [1.82, 2.24) is 9.97 Å². The second-order valence-corrected chi connectivity index (χ2v) is 8.85. The Labute approximate surface area is 195 Å². The highest BCUT2D eigenvalue weighted by molar-refractivity contribution is 9.10. The highest BCUT2D eigenvalue weighted by Crippen LogP contribution is 2.34. The van der Waals surface area contributed by atoms with E-state index in [1.165, 1.54) is 22.7 Å². The van der Waals surface area contributed by atoms with Crippen LogP contribution < -0.4 is 9.47 Å². The van der Waals surface area contributed by atoms with Gasteiger partial charge in [0.05, 0.1) is 35.1 Å². The van der Waals surface area contributed by atoms with Crippen molar-refractivity contribution >= 4 is 44.6 Å². The van der Waals surface area contributed by atoms with E-state index >= 15 is 0 Å². The van der Waals surface area contributed by atoms with Gasteiger partial charge in [0.15, 0.2) is 0 Å². The summed E-state index contributed by atoms with van der Waals surface area (Å²) in [6, 6.07) is 12.6. The first-order valence-electron chi connectivity index (χ1n) is 9.18. The minimum Gasteiger partial charge on any atom is -0.496 e. The zero-order chi connectivity index (χ0) is 21.6. The molecule has 0 spiro atoms. The highest BCUT2D eigenvalue weighted by Gasteiger charge is 2.13. The fourth-order valence-corrected chi connectivity index (χ4v) is 4.45. The normalized spacial score (nSPS) is 10.6. The second kappa shape index (κ2) is 10.0. The average Bonchev–Trinajstić information content (AvgIpc) is 3.48. The number of carbonyl (C=O) groups is 1. The van der Waals surface area contributed by atoms with Crippen LogP contribution in [-0.4, -0.2) is 23.0 Å². The molecule has 0 aliphatic carbocycles. The summed E-state index contributed by atoms with van der Waals surface area (Å²) in [5.74, 6) is 0.982. The van der Waals surface area contributed by atoms with E-state index in [0.29, 0.717) is 23.6 Å². The van der Waals surface area contributed by atoms with Gasteiger partial charge in [-0.2, -0.15) is 0 Å². The van der Waals surface area contributed by atoms with Crippen LogP contribution in [0.1, 0.15) is 21.7 Å². The Morgan fingerprint density at radius 1 is 1.06 bits per heavy atom. The van der Waals surface area contributed by atoms with Gasteiger partial charge in [0.25, 0.3) is 0 Å². The largest absolute Gasteiger partial charge is 0.496 e. The van der Waals surface area contributed by atoms with Crippen LogP contribution in [0.3, 0.4) is 0 Å². The zero-order valence-electron chi connectivity index (χ0n) is 16.4. The van der Waals surface area contributed by atoms with E-state index in [9.17, 15) is 4.79 Å². The first-order valence-corrected chi connectivity index (χ1v) is 11.8. The van der Waals surface area contributed by atoms with Gasteiger partial charge in [0.1, 0.15) is 29.7 Å². The van der Waals surface area contributed by atoms with Crippen molar-refractivity contribution in [2.24, 2.45) is 0 Å². The molecule has 158 valence electrons. The minimum absolute atomic E-state index is 0.0910. The Balaban J connectivity index is 1.34. The summed E-state index contributed by atoms with van der Waals surface area (Å²) < 4.78 is 17.4. The maximum atomic E-state index is 12.4. The van der Waals surface area contributed by atoms with Crippen LogP contribution in [0.25, 0.3) is 10.6 Å². The molecule has 0 unspecified atom stereocenters. The van der Waals surface area contributed by atoms with Crippen LogP contribution >= 0.6 is 38.6 Å². The third kappa shape index (κ3) is 5.49. The third-order valence-electron chi connectivity index (χ3n) is 4.26. The summed E-state index contributed by atoms with van der Waals surface area (Å²) >= 11 is 6.46. The van der Waals surface area contributed by atoms with E-state index in [1.54, 1.807) is 36.9 Å². The molecule has 0 aliphatic heterocycles. The Bertz CT molecular complexity index is 1160. The molecule has 0 aliphatic rings. The molecule has 31 heavy (non-hydrogen) atoms. The van der Waals surface area contributed by atoms with Gasteiger partial charge in [0, 0.05) is 15.2 Å². The lowest BCUT2D eigenvalue weighted by atomic mass is 10.2. The predicted octanol–water partition coefficient (Wildman–Crippen LogP) is 5.97. The summed E-state index contributed by atoms with van der Waals surface area (Å²) in [5.41, 5.74) is 4.64. The molecule has 2 aromatic heterocycles. The topological polar surface area (TPSA) is 70.5 Å². The van der Waals surface area contributed by atoms with Crippen molar-refractivity contribution in [3.8, 4) is 22.1 Å². The van der Waals surface area contributed by atoms with E-state index in [0.717, 1.165) is 26.5 Å². The third-order valence-corrected chi connectivity index (χ3v) is 6.31. The van der Waals surface area contributed by atoms with Crippen LogP contribution in [0.5, 0.6) is 11.5 Å². The van der Waals surface area contributed by atoms with Gasteiger partial charge >= 0.3 is 5.97 Å². The molecule has 4 aromatic rings. The molecule has 2 heterocycles. The Morgan fingerprint density at radius 3 is 2.65 bits per heavy atom. The number of benzene rings is 2. The lowest BCUT2D eigenvalue weighted by Gasteiger charge is -2.07. The molecule has 0 atom stereocenters. The summed E-state index contributed by atoms with van der Waals surface area (Å²) in [5, 5.41) is 4.60. The summed E-state index contributed by atoms with van der Waals surface area (Å²) in [6.07, 6.45) is 0. The van der Waals surface area contributed by atoms with Gasteiger partial charge in [-0.3, -0.25) is 0 Å². The molecule has 0 fully saturated rings. The van der Waals surface area contributed by atoms with Crippen molar-refractivity contribution in [3.05, 3.63) is 80.2 Å². The average molecular weight is 517 g/mol. The Hall–Kier alpha value is -2.75. The smallest absolute Gasteiger partial charge is 0.338 e. The molecule has 9 heteroatoms. The number of aromatic nitrogens is 2. The summed E-state index contributed by atoms with van der Waals surface area (Å²) in [7, 11) is 1.62. The lowest BCUT2D eigenvalue weighted by Crippen LogP contribution is -2.05. The minimum atomic E-state index is -0.416. The first-order chi connectivity index (χ1) is 15.1. The molecule has 6 nitrogen and oxygen atoms in total. The number of thiazole rings is 2. The van der Waals surface area contributed by atoms with Gasteiger partial charge in [-0.1, -0.05) is 15.9 Å². The molecule has 0 N–H and O–H groups in total. The molecular formula is C22H17BrN2O4S2. The van der Waals surface area contributed by atoms with Gasteiger partial charge in [-0.25, -0.2) is 14.8 Å². The first kappa shape index (κ1) is 21.5. The predicted molar refractivity (Wildman–Crippen MR) is 124 cm³/mol. The molecule has 4 rings (SSSR count). The molecule has 0 saturated carbocycles. The van der Waals surface area contributed by atoms with E-state index < -0.39 is 5.97 Å². The molecule has 0 radical (unpaired) electrons. The van der Waals surface area contributed by atoms with Gasteiger partial charge < -0.3 is 14.2 Å². The van der Waals surface area contributed by atoms with Crippen LogP contribution in [0.2, 0.25) is 0 Å². The number of hydrogen-bond acceptors (Lipinski definition) is 8. The number of methoxy groups -OCH3 is 1. The van der Waals surface area contributed by atoms with Crippen molar-refractivity contribution in [2.45, 2.75) is 13.2 Å². The van der Waals surface area contributed by atoms with Gasteiger partial charge in [-0.15, -0.1) is 22.7 Å². The SMILES string of the molecule is COc1ccc(Br)cc1-c1nc(COC(=O)c2ccc(OCc3cscn3)cc2)cs1. The number of ether oxygens (including phenoxy) is 3. The number of esters is 1. The van der Waals surface area contributed by atoms with Crippen molar-refractivity contribution in [1.29, 1.82) is 0 Å². The summed E-state index contributed by atoms with van der Waals surface area (Å²) in [4.78, 5) is 21.1. The number of nitrogens with zero attached hydrogens (tertiary/aromatic N) is 2. The molecule has 0 bridgehead atoms. The fraction of sp³-hybridized carbons (Fsp3) is 0.136. The number of hydrogen-bond donors (Lipinski definition) is 0. The van der Waals surface area contributed by atoms with E-state index in [-0.39, 0.29) is 6.61 Å². The van der Waals surface area contributed by atoms with Crippen LogP contribution in [0.4, 0.5) is 0 Å². The van der Waals surface area contributed by atoms with Gasteiger partial charge in [-0.05, 0) is 42.5 Å². The standard InChI is InChI=1S/C22H17BrN2O4S2/c1-27-20-7-4-15(23)8-19(20)21-25-17(12-31-21)10-29-22(26)14-2-5-18(6-3-14)28-9-16-11-30-13-24-16/h2-8,11-13H,9-10H2,1H3. The molecule has 0 amide bonds. The molecule has 0 saturated heterocycles. The maximum absolute atomic E-state index is 12.4. The maximum Gasteiger partial charge on any atom is 0.338 e. The fourth-order valence-electron chi connectivity index (χ4n) is 2.72. The van der Waals surface area contributed by atoms with Crippen molar-refractivity contribution in [3.63, 3.8) is 0 Å². The van der Waals surface area contributed by atoms with E-state index in [1.807, 2.05) is 29.0 Å². The zero-order valence-corrected chi connectivity index (χ0v) is 19.6. The molecular weight excluding hydrogens is 500 g/mol. The Kier molecular flexibility index (Phi) is 6.96. The monoisotopic (exact) mass is 516 g/mol. The number of halogens is 1. The molecule has 2 aromatic carbocycles. The van der Waals surface area contributed by atoms with Crippen LogP contribution in [-0.2, 0) is 18.0 Å². The quantitative estimate of drug-likeness (QED) is 0.268. The highest BCUT2D eigenvalue weighted by atomic mass is 79.9. The van der Waals surface area contributed by atoms with Crippen molar-refractivity contribution in [2.75, 3.05) is 7.11 Å². The summed E-state index contributed by atoms with van der Waals surface area (Å²) in [6.45, 7) is 0.482. The van der Waals surface area contributed by atoms with Crippen molar-refractivity contribution < 1.29 is 19.0 Å².